The van der Waals surface area contributed by atoms with Gasteiger partial charge in [0.2, 0.25) is 5.06 Å². The molecule has 0 spiro atoms. The van der Waals surface area contributed by atoms with Crippen molar-refractivity contribution in [2.75, 3.05) is 14.1 Å². The summed E-state index contributed by atoms with van der Waals surface area (Å²) < 4.78 is 10.6. The molecule has 2 rings (SSSR count). The summed E-state index contributed by atoms with van der Waals surface area (Å²) in [5.41, 5.74) is 4.08. The molecule has 0 atom stereocenters. The highest BCUT2D eigenvalue weighted by Gasteiger charge is 2.28. The molecule has 0 N–H and O–H groups in total. The molecule has 0 unspecified atom stereocenters. The monoisotopic (exact) mass is 370 g/mol. The van der Waals surface area contributed by atoms with Crippen molar-refractivity contribution in [3.05, 3.63) is 34.5 Å². The lowest BCUT2D eigenvalue weighted by atomic mass is 9.84. The minimum absolute atomic E-state index is 0.154. The Morgan fingerprint density at radius 1 is 1.31 bits per heavy atom. The summed E-state index contributed by atoms with van der Waals surface area (Å²) >= 11 is 1.24. The summed E-state index contributed by atoms with van der Waals surface area (Å²) in [5.74, 6) is 0.729. The molecule has 0 aliphatic heterocycles. The molecule has 1 heterocycles. The van der Waals surface area contributed by atoms with Crippen LogP contribution < -0.4 is 4.74 Å². The third-order valence-electron chi connectivity index (χ3n) is 4.42. The number of hydrogen-bond donors (Lipinski definition) is 0. The van der Waals surface area contributed by atoms with E-state index in [1.807, 2.05) is 45.0 Å². The van der Waals surface area contributed by atoms with Crippen molar-refractivity contribution >= 4 is 23.6 Å². The first kappa shape index (κ1) is 19.9. The molecule has 0 fully saturated rings. The molecular formula is C20H26N4OS. The van der Waals surface area contributed by atoms with Gasteiger partial charge < -0.3 is 9.64 Å². The lowest BCUT2D eigenvalue weighted by Crippen LogP contribution is -2.17. The van der Waals surface area contributed by atoms with Crippen molar-refractivity contribution in [1.29, 1.82) is 5.26 Å². The van der Waals surface area contributed by atoms with E-state index in [1.54, 1.807) is 6.34 Å². The maximum atomic E-state index is 9.63. The zero-order valence-electron chi connectivity index (χ0n) is 16.5. The fraction of sp³-hybridized carbons (Fsp3) is 0.450. The molecule has 0 aliphatic rings. The summed E-state index contributed by atoms with van der Waals surface area (Å²) in [5, 5.41) is 10.2. The molecule has 1 aromatic heterocycles. The van der Waals surface area contributed by atoms with Crippen molar-refractivity contribution in [3.8, 4) is 16.9 Å². The molecule has 5 nitrogen and oxygen atoms in total. The van der Waals surface area contributed by atoms with Crippen molar-refractivity contribution in [2.24, 2.45) is 4.99 Å². The lowest BCUT2D eigenvalue weighted by Gasteiger charge is -2.20. The Morgan fingerprint density at radius 3 is 2.58 bits per heavy atom. The summed E-state index contributed by atoms with van der Waals surface area (Å²) in [6.45, 7) is 10.3. The highest BCUT2D eigenvalue weighted by molar-refractivity contribution is 7.08. The third kappa shape index (κ3) is 4.23. The van der Waals surface area contributed by atoms with Gasteiger partial charge in [-0.2, -0.15) is 9.64 Å². The van der Waals surface area contributed by atoms with Gasteiger partial charge in [-0.05, 0) is 43.5 Å². The van der Waals surface area contributed by atoms with Crippen LogP contribution in [0, 0.1) is 25.2 Å². The van der Waals surface area contributed by atoms with Crippen molar-refractivity contribution < 1.29 is 4.74 Å². The van der Waals surface area contributed by atoms with Crippen LogP contribution in [0.5, 0.6) is 10.8 Å². The van der Waals surface area contributed by atoms with Crippen LogP contribution >= 0.6 is 11.5 Å². The molecule has 26 heavy (non-hydrogen) atoms. The first-order chi connectivity index (χ1) is 12.2. The summed E-state index contributed by atoms with van der Waals surface area (Å²) in [4.78, 5) is 6.37. The third-order valence-corrected chi connectivity index (χ3v) is 5.15. The molecule has 0 bridgehead atoms. The first-order valence-corrected chi connectivity index (χ1v) is 9.37. The van der Waals surface area contributed by atoms with Crippen LogP contribution in [0.25, 0.3) is 0 Å². The summed E-state index contributed by atoms with van der Waals surface area (Å²) in [6, 6.07) is 6.23. The molecule has 0 radical (unpaired) electrons. The standard InChI is InChI=1S/C20H26N4OS/c1-8-20(4,5)18-15(11-21)19(26-23-18)25-17-10-13(2)16(9-14(17)3)22-12-24(6)7/h9-10,12H,8H2,1-7H3. The zero-order chi connectivity index (χ0) is 19.5. The van der Waals surface area contributed by atoms with Crippen LogP contribution in [0.2, 0.25) is 0 Å². The zero-order valence-corrected chi connectivity index (χ0v) is 17.4. The average molecular weight is 371 g/mol. The number of benzene rings is 1. The van der Waals surface area contributed by atoms with Crippen molar-refractivity contribution in [1.82, 2.24) is 9.27 Å². The number of nitriles is 1. The predicted octanol–water partition coefficient (Wildman–Crippen LogP) is 5.33. The lowest BCUT2D eigenvalue weighted by molar-refractivity contribution is 0.477. The van der Waals surface area contributed by atoms with E-state index in [-0.39, 0.29) is 5.41 Å². The van der Waals surface area contributed by atoms with E-state index in [4.69, 9.17) is 4.74 Å². The topological polar surface area (TPSA) is 61.5 Å². The van der Waals surface area contributed by atoms with Crippen LogP contribution in [0.4, 0.5) is 5.69 Å². The Morgan fingerprint density at radius 2 is 2.00 bits per heavy atom. The van der Waals surface area contributed by atoms with Gasteiger partial charge in [0.05, 0.1) is 17.7 Å². The van der Waals surface area contributed by atoms with Crippen LogP contribution in [-0.4, -0.2) is 29.7 Å². The average Bonchev–Trinajstić information content (AvgIpc) is 3.00. The molecule has 138 valence electrons. The molecule has 2 aromatic rings. The van der Waals surface area contributed by atoms with E-state index in [0.29, 0.717) is 10.6 Å². The van der Waals surface area contributed by atoms with Gasteiger partial charge in [0.15, 0.2) is 0 Å². The number of rotatable bonds is 6. The highest BCUT2D eigenvalue weighted by Crippen LogP contribution is 2.40. The Hall–Kier alpha value is -2.39. The van der Waals surface area contributed by atoms with Crippen molar-refractivity contribution in [3.63, 3.8) is 0 Å². The quantitative estimate of drug-likeness (QED) is 0.509. The maximum absolute atomic E-state index is 9.63. The SMILES string of the molecule is CCC(C)(C)c1nsc(Oc2cc(C)c(N=CN(C)C)cc2C)c1C#N. The minimum Gasteiger partial charge on any atom is -0.443 e. The molecule has 0 saturated carbocycles. The van der Waals surface area contributed by atoms with E-state index >= 15 is 0 Å². The van der Waals surface area contributed by atoms with Crippen molar-refractivity contribution in [2.45, 2.75) is 46.5 Å². The van der Waals surface area contributed by atoms with Crippen LogP contribution in [0.15, 0.2) is 17.1 Å². The van der Waals surface area contributed by atoms with E-state index in [1.165, 1.54) is 11.5 Å². The Labute approximate surface area is 160 Å². The highest BCUT2D eigenvalue weighted by atomic mass is 32.1. The Balaban J connectivity index is 2.38. The molecule has 1 aromatic carbocycles. The largest absolute Gasteiger partial charge is 0.443 e. The molecule has 0 amide bonds. The summed E-state index contributed by atoms with van der Waals surface area (Å²) in [6.07, 6.45) is 2.68. The van der Waals surface area contributed by atoms with Crippen LogP contribution in [0.1, 0.15) is 49.6 Å². The smallest absolute Gasteiger partial charge is 0.218 e. The van der Waals surface area contributed by atoms with Crippen LogP contribution in [0.3, 0.4) is 0 Å². The number of nitrogens with zero attached hydrogens (tertiary/aromatic N) is 4. The van der Waals surface area contributed by atoms with E-state index < -0.39 is 0 Å². The number of aryl methyl sites for hydroxylation is 2. The molecular weight excluding hydrogens is 344 g/mol. The van der Waals surface area contributed by atoms with Crippen LogP contribution in [-0.2, 0) is 5.41 Å². The second-order valence-electron chi connectivity index (χ2n) is 7.26. The number of ether oxygens (including phenoxy) is 1. The van der Waals surface area contributed by atoms with Gasteiger partial charge >= 0.3 is 0 Å². The number of aliphatic imine (C=N–C) groups is 1. The predicted molar refractivity (Wildman–Crippen MR) is 108 cm³/mol. The second-order valence-corrected chi connectivity index (χ2v) is 7.99. The first-order valence-electron chi connectivity index (χ1n) is 8.59. The summed E-state index contributed by atoms with van der Waals surface area (Å²) in [7, 11) is 3.87. The number of aromatic nitrogens is 1. The van der Waals surface area contributed by atoms with E-state index in [9.17, 15) is 5.26 Å². The van der Waals surface area contributed by atoms with Gasteiger partial charge in [0.1, 0.15) is 17.4 Å². The van der Waals surface area contributed by atoms with E-state index in [2.05, 4.69) is 36.2 Å². The normalized spacial score (nSPS) is 11.6. The fourth-order valence-electron chi connectivity index (χ4n) is 2.37. The van der Waals surface area contributed by atoms with Gasteiger partial charge in [-0.3, -0.25) is 0 Å². The molecule has 0 aliphatic carbocycles. The Bertz CT molecular complexity index is 859. The van der Waals surface area contributed by atoms with Gasteiger partial charge in [0, 0.05) is 31.0 Å². The van der Waals surface area contributed by atoms with E-state index in [0.717, 1.165) is 34.7 Å². The van der Waals surface area contributed by atoms with Gasteiger partial charge in [-0.25, -0.2) is 4.99 Å². The van der Waals surface area contributed by atoms with Gasteiger partial charge in [0.25, 0.3) is 0 Å². The van der Waals surface area contributed by atoms with Gasteiger partial charge in [-0.1, -0.05) is 20.8 Å². The van der Waals surface area contributed by atoms with Gasteiger partial charge in [-0.15, -0.1) is 0 Å². The Kier molecular flexibility index (Phi) is 6.04. The molecule has 0 saturated heterocycles. The maximum Gasteiger partial charge on any atom is 0.218 e. The second kappa shape index (κ2) is 7.88. The fourth-order valence-corrected chi connectivity index (χ4v) is 3.25. The molecule has 6 heteroatoms. The minimum atomic E-state index is -0.154. The number of hydrogen-bond acceptors (Lipinski definition) is 5.